The number of rotatable bonds is 3. The van der Waals surface area contributed by atoms with Gasteiger partial charge < -0.3 is 10.6 Å². The highest BCUT2D eigenvalue weighted by Gasteiger charge is 2.20. The molecule has 19 heavy (non-hydrogen) atoms. The molecule has 0 radical (unpaired) electrons. The Morgan fingerprint density at radius 1 is 1.42 bits per heavy atom. The minimum Gasteiger partial charge on any atom is -0.341 e. The summed E-state index contributed by atoms with van der Waals surface area (Å²) in [4.78, 5) is 14.1. The Hall–Kier alpha value is -1.35. The van der Waals surface area contributed by atoms with E-state index in [0.29, 0.717) is 6.42 Å². The van der Waals surface area contributed by atoms with Gasteiger partial charge in [0, 0.05) is 25.6 Å². The highest BCUT2D eigenvalue weighted by molar-refractivity contribution is 5.76. The summed E-state index contributed by atoms with van der Waals surface area (Å²) in [6.07, 6.45) is 3.50. The molecule has 3 heteroatoms. The van der Waals surface area contributed by atoms with Gasteiger partial charge in [0.05, 0.1) is 0 Å². The van der Waals surface area contributed by atoms with E-state index in [0.717, 1.165) is 32.4 Å². The van der Waals surface area contributed by atoms with E-state index in [4.69, 9.17) is 5.73 Å². The summed E-state index contributed by atoms with van der Waals surface area (Å²) in [5.41, 5.74) is 9.75. The summed E-state index contributed by atoms with van der Waals surface area (Å²) >= 11 is 0. The summed E-state index contributed by atoms with van der Waals surface area (Å²) in [6, 6.07) is 6.60. The van der Waals surface area contributed by atoms with Gasteiger partial charge in [0.2, 0.25) is 5.91 Å². The predicted octanol–water partition coefficient (Wildman–Crippen LogP) is 2.19. The van der Waals surface area contributed by atoms with Crippen LogP contribution in [0, 0.1) is 13.8 Å². The van der Waals surface area contributed by atoms with Crippen molar-refractivity contribution in [2.75, 3.05) is 13.1 Å². The maximum atomic E-state index is 12.2. The number of piperidine rings is 1. The third-order valence-corrected chi connectivity index (χ3v) is 3.92. The van der Waals surface area contributed by atoms with Crippen molar-refractivity contribution in [3.05, 3.63) is 34.9 Å². The fourth-order valence-corrected chi connectivity index (χ4v) is 2.76. The number of nitrogens with two attached hydrogens (primary N) is 1. The van der Waals surface area contributed by atoms with Crippen molar-refractivity contribution in [2.24, 2.45) is 5.73 Å². The van der Waals surface area contributed by atoms with E-state index in [1.54, 1.807) is 0 Å². The highest BCUT2D eigenvalue weighted by atomic mass is 16.2. The van der Waals surface area contributed by atoms with E-state index in [9.17, 15) is 4.79 Å². The topological polar surface area (TPSA) is 46.3 Å². The van der Waals surface area contributed by atoms with Crippen LogP contribution >= 0.6 is 0 Å². The van der Waals surface area contributed by atoms with Crippen molar-refractivity contribution in [1.29, 1.82) is 0 Å². The van der Waals surface area contributed by atoms with Crippen LogP contribution in [0.15, 0.2) is 18.2 Å². The molecule has 1 heterocycles. The molecule has 1 aliphatic rings. The Balaban J connectivity index is 1.89. The molecule has 1 amide bonds. The van der Waals surface area contributed by atoms with Crippen LogP contribution in [0.25, 0.3) is 0 Å². The third kappa shape index (κ3) is 3.80. The second-order valence-corrected chi connectivity index (χ2v) is 5.67. The highest BCUT2D eigenvalue weighted by Crippen LogP contribution is 2.15. The van der Waals surface area contributed by atoms with Gasteiger partial charge in [-0.1, -0.05) is 23.8 Å². The number of hydrogen-bond acceptors (Lipinski definition) is 2. The summed E-state index contributed by atoms with van der Waals surface area (Å²) in [6.45, 7) is 5.81. The molecular weight excluding hydrogens is 236 g/mol. The molecule has 1 atom stereocenters. The van der Waals surface area contributed by atoms with Crippen LogP contribution in [0.1, 0.15) is 36.0 Å². The molecule has 3 nitrogen and oxygen atoms in total. The average Bonchev–Trinajstić information content (AvgIpc) is 2.37. The smallest absolute Gasteiger partial charge is 0.222 e. The second-order valence-electron chi connectivity index (χ2n) is 5.67. The lowest BCUT2D eigenvalue weighted by molar-refractivity contribution is -0.132. The molecule has 1 aromatic rings. The molecule has 2 rings (SSSR count). The second kappa shape index (κ2) is 6.20. The van der Waals surface area contributed by atoms with Crippen molar-refractivity contribution in [2.45, 2.75) is 45.6 Å². The zero-order chi connectivity index (χ0) is 13.8. The molecule has 0 aromatic heterocycles. The Morgan fingerprint density at radius 2 is 2.21 bits per heavy atom. The summed E-state index contributed by atoms with van der Waals surface area (Å²) in [5, 5.41) is 0. The number of carbonyl (C=O) groups excluding carboxylic acids is 1. The minimum atomic E-state index is 0.166. The molecule has 104 valence electrons. The van der Waals surface area contributed by atoms with Gasteiger partial charge in [-0.2, -0.15) is 0 Å². The van der Waals surface area contributed by atoms with Gasteiger partial charge in [-0.25, -0.2) is 0 Å². The van der Waals surface area contributed by atoms with Crippen molar-refractivity contribution in [3.63, 3.8) is 0 Å². The first-order valence-corrected chi connectivity index (χ1v) is 7.16. The molecule has 1 saturated heterocycles. The molecular formula is C16H24N2O. The largest absolute Gasteiger partial charge is 0.341 e. The lowest BCUT2D eigenvalue weighted by atomic mass is 10.0. The van der Waals surface area contributed by atoms with Crippen molar-refractivity contribution >= 4 is 5.91 Å². The first-order valence-electron chi connectivity index (χ1n) is 7.16. The number of nitrogens with zero attached hydrogens (tertiary/aromatic N) is 1. The van der Waals surface area contributed by atoms with Gasteiger partial charge in [-0.15, -0.1) is 0 Å². The van der Waals surface area contributed by atoms with Crippen LogP contribution < -0.4 is 5.73 Å². The first-order chi connectivity index (χ1) is 9.06. The van der Waals surface area contributed by atoms with Gasteiger partial charge in [-0.3, -0.25) is 4.79 Å². The molecule has 0 bridgehead atoms. The van der Waals surface area contributed by atoms with E-state index in [2.05, 4.69) is 32.0 Å². The number of amides is 1. The molecule has 0 aliphatic carbocycles. The molecule has 1 aromatic carbocycles. The minimum absolute atomic E-state index is 0.166. The lowest BCUT2D eigenvalue weighted by Crippen LogP contribution is -2.45. The van der Waals surface area contributed by atoms with E-state index in [1.165, 1.54) is 16.7 Å². The normalized spacial score (nSPS) is 19.5. The zero-order valence-electron chi connectivity index (χ0n) is 12.0. The Morgan fingerprint density at radius 3 is 2.89 bits per heavy atom. The van der Waals surface area contributed by atoms with Gasteiger partial charge in [0.15, 0.2) is 0 Å². The first kappa shape index (κ1) is 14.1. The van der Waals surface area contributed by atoms with E-state index < -0.39 is 0 Å². The standard InChI is InChI=1S/C16H24N2O/c1-12-5-6-14(13(2)10-12)7-8-16(19)18-9-3-4-15(17)11-18/h5-6,10,15H,3-4,7-9,11,17H2,1-2H3. The lowest BCUT2D eigenvalue weighted by Gasteiger charge is -2.30. The molecule has 1 fully saturated rings. The maximum Gasteiger partial charge on any atom is 0.222 e. The number of carbonyl (C=O) groups is 1. The molecule has 1 unspecified atom stereocenters. The molecule has 1 aliphatic heterocycles. The third-order valence-electron chi connectivity index (χ3n) is 3.92. The van der Waals surface area contributed by atoms with Crippen LogP contribution in [-0.2, 0) is 11.2 Å². The van der Waals surface area contributed by atoms with Crippen LogP contribution in [0.5, 0.6) is 0 Å². The van der Waals surface area contributed by atoms with Gasteiger partial charge >= 0.3 is 0 Å². The van der Waals surface area contributed by atoms with Crippen molar-refractivity contribution in [3.8, 4) is 0 Å². The predicted molar refractivity (Wildman–Crippen MR) is 78.0 cm³/mol. The fraction of sp³-hybridized carbons (Fsp3) is 0.562. The maximum absolute atomic E-state index is 12.2. The quantitative estimate of drug-likeness (QED) is 0.905. The van der Waals surface area contributed by atoms with E-state index in [1.807, 2.05) is 4.90 Å². The number of aryl methyl sites for hydroxylation is 3. The summed E-state index contributed by atoms with van der Waals surface area (Å²) in [5.74, 6) is 0.245. The fourth-order valence-electron chi connectivity index (χ4n) is 2.76. The van der Waals surface area contributed by atoms with Gasteiger partial charge in [-0.05, 0) is 44.2 Å². The SMILES string of the molecule is Cc1ccc(CCC(=O)N2CCCC(N)C2)c(C)c1. The van der Waals surface area contributed by atoms with Gasteiger partial charge in [0.1, 0.15) is 0 Å². The summed E-state index contributed by atoms with van der Waals surface area (Å²) in [7, 11) is 0. The Kier molecular flexibility index (Phi) is 4.59. The Labute approximate surface area is 115 Å². The van der Waals surface area contributed by atoms with Crippen molar-refractivity contribution < 1.29 is 4.79 Å². The van der Waals surface area contributed by atoms with Gasteiger partial charge in [0.25, 0.3) is 0 Å². The van der Waals surface area contributed by atoms with Crippen LogP contribution in [0.2, 0.25) is 0 Å². The average molecular weight is 260 g/mol. The van der Waals surface area contributed by atoms with E-state index >= 15 is 0 Å². The Bertz CT molecular complexity index is 456. The van der Waals surface area contributed by atoms with Crippen molar-refractivity contribution in [1.82, 2.24) is 4.90 Å². The van der Waals surface area contributed by atoms with Crippen LogP contribution in [0.3, 0.4) is 0 Å². The monoisotopic (exact) mass is 260 g/mol. The molecule has 0 saturated carbocycles. The van der Waals surface area contributed by atoms with Crippen LogP contribution in [0.4, 0.5) is 0 Å². The van der Waals surface area contributed by atoms with E-state index in [-0.39, 0.29) is 11.9 Å². The zero-order valence-corrected chi connectivity index (χ0v) is 12.0. The molecule has 2 N–H and O–H groups in total. The van der Waals surface area contributed by atoms with Crippen LogP contribution in [-0.4, -0.2) is 29.9 Å². The molecule has 0 spiro atoms. The summed E-state index contributed by atoms with van der Waals surface area (Å²) < 4.78 is 0. The number of benzene rings is 1. The number of hydrogen-bond donors (Lipinski definition) is 1. The number of likely N-dealkylation sites (tertiary alicyclic amines) is 1.